The van der Waals surface area contributed by atoms with Gasteiger partial charge < -0.3 is 5.11 Å². The van der Waals surface area contributed by atoms with Gasteiger partial charge >= 0.3 is 109 Å². The van der Waals surface area contributed by atoms with Gasteiger partial charge in [-0.15, -0.1) is 0 Å². The van der Waals surface area contributed by atoms with E-state index in [9.17, 15) is 4.79 Å². The van der Waals surface area contributed by atoms with E-state index in [0.29, 0.717) is 0 Å². The van der Waals surface area contributed by atoms with E-state index in [0.717, 1.165) is 0 Å². The molecule has 0 aromatic rings. The van der Waals surface area contributed by atoms with Crippen molar-refractivity contribution < 1.29 is 9.90 Å². The molecule has 0 aromatic carbocycles. The molecular formula is C14H29NaO2S. The first-order valence-corrected chi connectivity index (χ1v) is 9.56. The molecule has 0 aliphatic carbocycles. The Morgan fingerprint density at radius 2 is 1.28 bits per heavy atom. The summed E-state index contributed by atoms with van der Waals surface area (Å²) in [6.45, 7) is 2.29. The molecule has 0 radical (unpaired) electrons. The predicted molar refractivity (Wildman–Crippen MR) is 83.9 cm³/mol. The zero-order valence-corrected chi connectivity index (χ0v) is 15.2. The van der Waals surface area contributed by atoms with Crippen LogP contribution in [0.3, 0.4) is 0 Å². The average Bonchev–Trinajstić information content (AvgIpc) is 2.37. The Morgan fingerprint density at radius 3 is 1.56 bits per heavy atom. The van der Waals surface area contributed by atoms with E-state index < -0.39 is 5.97 Å². The minimum Gasteiger partial charge on any atom is -0.481 e. The smallest absolute Gasteiger partial charge is 0.313 e. The number of hydrogen-bond acceptors (Lipinski definition) is 2. The summed E-state index contributed by atoms with van der Waals surface area (Å²) in [5.41, 5.74) is 0. The number of carboxylic acids is 1. The van der Waals surface area contributed by atoms with E-state index in [2.05, 4.69) is 19.6 Å². The summed E-state index contributed by atoms with van der Waals surface area (Å²) in [4.78, 5) is 9.29. The Balaban J connectivity index is 0. The molecule has 0 atom stereocenters. The van der Waals surface area contributed by atoms with E-state index in [1.807, 2.05) is 0 Å². The third-order valence-electron chi connectivity index (χ3n) is 2.84. The molecule has 0 spiro atoms. The van der Waals surface area contributed by atoms with Crippen molar-refractivity contribution in [3.05, 3.63) is 0 Å². The second-order valence-corrected chi connectivity index (χ2v) is 6.05. The average molecular weight is 284 g/mol. The summed E-state index contributed by atoms with van der Waals surface area (Å²) < 4.78 is 1.51. The Bertz CT molecular complexity index is 156. The Morgan fingerprint density at radius 1 is 0.944 bits per heavy atom. The fourth-order valence-corrected chi connectivity index (χ4v) is 2.24. The maximum Gasteiger partial charge on any atom is 0.313 e. The molecule has 18 heavy (non-hydrogen) atoms. The van der Waals surface area contributed by atoms with Gasteiger partial charge in [-0.1, -0.05) is 0 Å². The minimum absolute atomic E-state index is 0.0833. The minimum atomic E-state index is -0.881. The second-order valence-electron chi connectivity index (χ2n) is 4.73. The van der Waals surface area contributed by atoms with Crippen LogP contribution in [-0.4, -0.2) is 44.8 Å². The van der Waals surface area contributed by atoms with Crippen LogP contribution < -0.4 is 0 Å². The van der Waals surface area contributed by atoms with Crippen molar-refractivity contribution in [2.75, 3.05) is 5.75 Å². The fraction of sp³-hybridized carbons (Fsp3) is 0.929. The van der Waals surface area contributed by atoms with Crippen molar-refractivity contribution >= 4 is 46.5 Å². The largest absolute Gasteiger partial charge is 0.481 e. The summed E-state index contributed by atoms with van der Waals surface area (Å²) in [6, 6.07) is 0. The molecule has 0 unspecified atom stereocenters. The zero-order chi connectivity index (χ0) is 14.1. The monoisotopic (exact) mass is 284 g/mol. The Kier molecular flexibility index (Phi) is 23.6. The Labute approximate surface area is 136 Å². The molecule has 0 heterocycles. The van der Waals surface area contributed by atoms with Crippen LogP contribution in [0.5, 0.6) is 0 Å². The zero-order valence-electron chi connectivity index (χ0n) is 12.3. The number of rotatable bonds is 11. The van der Waals surface area contributed by atoms with E-state index >= 15 is 0 Å². The van der Waals surface area contributed by atoms with Crippen molar-refractivity contribution in [2.24, 2.45) is 0 Å². The molecule has 1 N–H and O–H groups in total. The summed E-state index contributed by atoms with van der Waals surface area (Å²) in [5.74, 6) is -0.965. The molecule has 0 aliphatic rings. The molecule has 0 saturated carbocycles. The maximum atomic E-state index is 9.29. The maximum absolute atomic E-state index is 9.29. The molecule has 104 valence electrons. The molecule has 0 aromatic heterocycles. The molecule has 0 fully saturated rings. The van der Waals surface area contributed by atoms with Crippen LogP contribution in [-0.2, 0) is 4.79 Å². The van der Waals surface area contributed by atoms with Crippen LogP contribution in [0.1, 0.15) is 71.1 Å². The van der Waals surface area contributed by atoms with Crippen LogP contribution in [0.15, 0.2) is 0 Å². The topological polar surface area (TPSA) is 37.3 Å². The molecule has 0 amide bonds. The van der Waals surface area contributed by atoms with Gasteiger partial charge in [0.15, 0.2) is 0 Å². The van der Waals surface area contributed by atoms with E-state index in [4.69, 9.17) is 5.11 Å². The molecular weight excluding hydrogens is 255 g/mol. The molecule has 0 rings (SSSR count). The summed E-state index contributed by atoms with van der Waals surface area (Å²) in [7, 11) is 0. The summed E-state index contributed by atoms with van der Waals surface area (Å²) >= 11 is 4.83. The van der Waals surface area contributed by atoms with Gasteiger partial charge in [0.2, 0.25) is 0 Å². The number of hydrogen-bond donors (Lipinski definition) is 2. The standard InChI is InChI=1S/C12H25.C2H4O2S.Na/c1-3-5-7-9-11-12-10-8-6-4-2;3-2(4)1-5;/h1,3-12H2,2H3;5H,1H2,(H,3,4);. The van der Waals surface area contributed by atoms with Gasteiger partial charge in [-0.3, -0.25) is 4.79 Å². The molecule has 4 heteroatoms. The van der Waals surface area contributed by atoms with Gasteiger partial charge in [0.1, 0.15) is 0 Å². The first-order chi connectivity index (χ1) is 8.68. The van der Waals surface area contributed by atoms with Gasteiger partial charge in [-0.25, -0.2) is 0 Å². The number of carboxylic acid groups (broad SMARTS) is 1. The SMILES string of the molecule is CCCCCCCCCCC[CH2][Na].O=C(O)CS. The second kappa shape index (κ2) is 20.1. The number of thiol groups is 1. The Hall–Kier alpha value is 0.820. The van der Waals surface area contributed by atoms with E-state index in [1.165, 1.54) is 95.8 Å². The fourth-order valence-electron chi connectivity index (χ4n) is 1.74. The molecule has 0 bridgehead atoms. The van der Waals surface area contributed by atoms with Crippen LogP contribution in [0.25, 0.3) is 0 Å². The third-order valence-corrected chi connectivity index (χ3v) is 3.82. The quantitative estimate of drug-likeness (QED) is 0.333. The molecule has 2 nitrogen and oxygen atoms in total. The van der Waals surface area contributed by atoms with Crippen molar-refractivity contribution in [1.82, 2.24) is 0 Å². The van der Waals surface area contributed by atoms with Gasteiger partial charge in [-0.05, 0) is 0 Å². The van der Waals surface area contributed by atoms with Gasteiger partial charge in [-0.2, -0.15) is 12.6 Å². The predicted octanol–water partition coefficient (Wildman–Crippen LogP) is 4.49. The van der Waals surface area contributed by atoms with Gasteiger partial charge in [0.25, 0.3) is 0 Å². The van der Waals surface area contributed by atoms with Gasteiger partial charge in [0, 0.05) is 0 Å². The first-order valence-electron chi connectivity index (χ1n) is 7.51. The van der Waals surface area contributed by atoms with Crippen molar-refractivity contribution in [3.63, 3.8) is 0 Å². The molecule has 0 aliphatic heterocycles. The number of unbranched alkanes of at least 4 members (excludes halogenated alkanes) is 9. The van der Waals surface area contributed by atoms with E-state index in [-0.39, 0.29) is 5.75 Å². The molecule has 0 saturated heterocycles. The number of carbonyl (C=O) groups is 1. The normalized spacial score (nSPS) is 9.78. The van der Waals surface area contributed by atoms with Crippen molar-refractivity contribution in [1.29, 1.82) is 0 Å². The van der Waals surface area contributed by atoms with Crippen LogP contribution in [0.4, 0.5) is 0 Å². The van der Waals surface area contributed by atoms with Crippen molar-refractivity contribution in [2.45, 2.75) is 74.8 Å². The summed E-state index contributed by atoms with van der Waals surface area (Å²) in [5, 5.41) is 7.65. The van der Waals surface area contributed by atoms with Crippen LogP contribution >= 0.6 is 12.6 Å². The van der Waals surface area contributed by atoms with Crippen molar-refractivity contribution in [3.8, 4) is 0 Å². The van der Waals surface area contributed by atoms with Crippen LogP contribution in [0, 0.1) is 0 Å². The first kappa shape index (κ1) is 21.1. The van der Waals surface area contributed by atoms with Crippen LogP contribution in [0.2, 0.25) is 3.67 Å². The van der Waals surface area contributed by atoms with E-state index in [1.54, 1.807) is 0 Å². The van der Waals surface area contributed by atoms with Gasteiger partial charge in [0.05, 0.1) is 5.75 Å². The summed E-state index contributed by atoms with van der Waals surface area (Å²) in [6.07, 6.45) is 14.7. The third kappa shape index (κ3) is 25.6. The number of aliphatic carboxylic acids is 1.